The van der Waals surface area contributed by atoms with Gasteiger partial charge in [0.1, 0.15) is 17.7 Å². The van der Waals surface area contributed by atoms with E-state index in [0.717, 1.165) is 10.1 Å². The van der Waals surface area contributed by atoms with Crippen LogP contribution in [0.5, 0.6) is 0 Å². The summed E-state index contributed by atoms with van der Waals surface area (Å²) in [6, 6.07) is 5.97. The average Bonchev–Trinajstić information content (AvgIpc) is 2.53. The molecule has 0 bridgehead atoms. The minimum atomic E-state index is -0.661. The van der Waals surface area contributed by atoms with Gasteiger partial charge < -0.3 is 5.32 Å². The SMILES string of the molecule is C[C@@H](Nc1c(C#N)c(=O)n(C)c(=O)n1C)c1ccc(F)c(Br)c1. The van der Waals surface area contributed by atoms with Crippen molar-refractivity contribution in [3.8, 4) is 6.07 Å². The van der Waals surface area contributed by atoms with E-state index in [1.165, 1.54) is 24.7 Å². The maximum atomic E-state index is 13.3. The van der Waals surface area contributed by atoms with Gasteiger partial charge in [-0.05, 0) is 40.5 Å². The van der Waals surface area contributed by atoms with Crippen molar-refractivity contribution < 1.29 is 4.39 Å². The standard InChI is InChI=1S/C15H14BrFN4O2/c1-8(9-4-5-12(17)11(16)6-9)19-13-10(7-18)14(22)21(3)15(23)20(13)2/h4-6,8,19H,1-3H3/t8-/m1/s1. The Morgan fingerprint density at radius 3 is 2.52 bits per heavy atom. The van der Waals surface area contributed by atoms with Crippen molar-refractivity contribution in [3.63, 3.8) is 0 Å². The van der Waals surface area contributed by atoms with E-state index in [2.05, 4.69) is 21.2 Å². The molecule has 8 heteroatoms. The lowest BCUT2D eigenvalue weighted by atomic mass is 10.1. The number of hydrogen-bond acceptors (Lipinski definition) is 4. The molecule has 0 fully saturated rings. The summed E-state index contributed by atoms with van der Waals surface area (Å²) in [5, 5.41) is 12.2. The fourth-order valence-corrected chi connectivity index (χ4v) is 2.58. The summed E-state index contributed by atoms with van der Waals surface area (Å²) in [5.41, 5.74) is -0.618. The second-order valence-electron chi connectivity index (χ2n) is 5.08. The Morgan fingerprint density at radius 2 is 1.96 bits per heavy atom. The molecule has 23 heavy (non-hydrogen) atoms. The topological polar surface area (TPSA) is 79.8 Å². The van der Waals surface area contributed by atoms with E-state index in [9.17, 15) is 19.2 Å². The lowest BCUT2D eigenvalue weighted by Gasteiger charge is -2.19. The van der Waals surface area contributed by atoms with E-state index in [1.54, 1.807) is 19.1 Å². The molecule has 0 amide bonds. The largest absolute Gasteiger partial charge is 0.364 e. The van der Waals surface area contributed by atoms with Crippen LogP contribution in [0.3, 0.4) is 0 Å². The number of nitriles is 1. The number of hydrogen-bond donors (Lipinski definition) is 1. The molecular formula is C15H14BrFN4O2. The van der Waals surface area contributed by atoms with Crippen LogP contribution in [-0.2, 0) is 14.1 Å². The van der Waals surface area contributed by atoms with Crippen LogP contribution in [0.25, 0.3) is 0 Å². The highest BCUT2D eigenvalue weighted by Gasteiger charge is 2.18. The molecule has 1 N–H and O–H groups in total. The Hall–Kier alpha value is -2.40. The number of nitrogens with zero attached hydrogens (tertiary/aromatic N) is 3. The fraction of sp³-hybridized carbons (Fsp3) is 0.267. The predicted molar refractivity (Wildman–Crippen MR) is 87.8 cm³/mol. The van der Waals surface area contributed by atoms with Crippen molar-refractivity contribution in [2.24, 2.45) is 14.1 Å². The van der Waals surface area contributed by atoms with Crippen molar-refractivity contribution in [1.29, 1.82) is 5.26 Å². The first-order chi connectivity index (χ1) is 10.8. The fourth-order valence-electron chi connectivity index (χ4n) is 2.18. The maximum Gasteiger partial charge on any atom is 0.332 e. The third-order valence-corrected chi connectivity index (χ3v) is 4.18. The Balaban J connectivity index is 2.52. The molecule has 2 aromatic rings. The summed E-state index contributed by atoms with van der Waals surface area (Å²) < 4.78 is 15.7. The molecule has 0 aliphatic carbocycles. The van der Waals surface area contributed by atoms with Crippen LogP contribution < -0.4 is 16.6 Å². The number of benzene rings is 1. The first kappa shape index (κ1) is 17.0. The Labute approximate surface area is 139 Å². The summed E-state index contributed by atoms with van der Waals surface area (Å²) in [6.45, 7) is 1.78. The van der Waals surface area contributed by atoms with Crippen LogP contribution in [0, 0.1) is 17.1 Å². The van der Waals surface area contributed by atoms with Crippen molar-refractivity contribution in [1.82, 2.24) is 9.13 Å². The molecule has 6 nitrogen and oxygen atoms in total. The lowest BCUT2D eigenvalue weighted by Crippen LogP contribution is -2.40. The van der Waals surface area contributed by atoms with Gasteiger partial charge >= 0.3 is 5.69 Å². The number of halogens is 2. The number of aromatic nitrogens is 2. The minimum Gasteiger partial charge on any atom is -0.364 e. The summed E-state index contributed by atoms with van der Waals surface area (Å²) in [4.78, 5) is 24.1. The molecule has 2 rings (SSSR count). The van der Waals surface area contributed by atoms with Gasteiger partial charge in [0.15, 0.2) is 5.56 Å². The lowest BCUT2D eigenvalue weighted by molar-refractivity contribution is 0.619. The van der Waals surface area contributed by atoms with Gasteiger partial charge in [0, 0.05) is 20.1 Å². The molecule has 1 aromatic carbocycles. The molecule has 0 aliphatic heterocycles. The molecule has 1 aromatic heterocycles. The van der Waals surface area contributed by atoms with Crippen LogP contribution in [0.1, 0.15) is 24.1 Å². The van der Waals surface area contributed by atoms with Crippen molar-refractivity contribution in [2.45, 2.75) is 13.0 Å². The second kappa shape index (κ2) is 6.38. The van der Waals surface area contributed by atoms with E-state index < -0.39 is 11.2 Å². The molecule has 1 heterocycles. The van der Waals surface area contributed by atoms with Gasteiger partial charge in [-0.1, -0.05) is 6.07 Å². The van der Waals surface area contributed by atoms with Crippen LogP contribution in [0.2, 0.25) is 0 Å². The van der Waals surface area contributed by atoms with Gasteiger partial charge in [0.2, 0.25) is 0 Å². The first-order valence-electron chi connectivity index (χ1n) is 6.69. The number of rotatable bonds is 3. The first-order valence-corrected chi connectivity index (χ1v) is 7.48. The smallest absolute Gasteiger partial charge is 0.332 e. The number of anilines is 1. The highest BCUT2D eigenvalue weighted by atomic mass is 79.9. The molecule has 0 radical (unpaired) electrons. The molecule has 0 saturated carbocycles. The van der Waals surface area contributed by atoms with Gasteiger partial charge in [-0.15, -0.1) is 0 Å². The molecular weight excluding hydrogens is 367 g/mol. The molecule has 1 atom stereocenters. The Bertz CT molecular complexity index is 927. The summed E-state index contributed by atoms with van der Waals surface area (Å²) in [5.74, 6) is -0.256. The normalized spacial score (nSPS) is 11.8. The zero-order valence-corrected chi connectivity index (χ0v) is 14.3. The molecule has 120 valence electrons. The van der Waals surface area contributed by atoms with E-state index in [1.807, 2.05) is 6.07 Å². The molecule has 0 aliphatic rings. The zero-order chi connectivity index (χ0) is 17.3. The summed E-state index contributed by atoms with van der Waals surface area (Å²) >= 11 is 3.11. The van der Waals surface area contributed by atoms with E-state index >= 15 is 0 Å². The quantitative estimate of drug-likeness (QED) is 0.883. The molecule has 0 spiro atoms. The van der Waals surface area contributed by atoms with Gasteiger partial charge in [-0.25, -0.2) is 9.18 Å². The van der Waals surface area contributed by atoms with E-state index in [-0.39, 0.29) is 23.2 Å². The third kappa shape index (κ3) is 3.05. The van der Waals surface area contributed by atoms with Crippen LogP contribution in [-0.4, -0.2) is 9.13 Å². The minimum absolute atomic E-state index is 0.133. The molecule has 0 saturated heterocycles. The predicted octanol–water partition coefficient (Wildman–Crippen LogP) is 2.03. The zero-order valence-electron chi connectivity index (χ0n) is 12.7. The highest BCUT2D eigenvalue weighted by molar-refractivity contribution is 9.10. The van der Waals surface area contributed by atoms with Gasteiger partial charge in [0.25, 0.3) is 5.56 Å². The van der Waals surface area contributed by atoms with Crippen LogP contribution in [0.15, 0.2) is 32.3 Å². The third-order valence-electron chi connectivity index (χ3n) is 3.57. The average molecular weight is 381 g/mol. The maximum absolute atomic E-state index is 13.3. The van der Waals surface area contributed by atoms with Gasteiger partial charge in [-0.3, -0.25) is 13.9 Å². The van der Waals surface area contributed by atoms with Gasteiger partial charge in [-0.2, -0.15) is 5.26 Å². The van der Waals surface area contributed by atoms with Crippen LogP contribution >= 0.6 is 15.9 Å². The van der Waals surface area contributed by atoms with Crippen molar-refractivity contribution in [3.05, 3.63) is 60.5 Å². The van der Waals surface area contributed by atoms with Crippen molar-refractivity contribution >= 4 is 21.7 Å². The van der Waals surface area contributed by atoms with Gasteiger partial charge in [0.05, 0.1) is 4.47 Å². The summed E-state index contributed by atoms with van der Waals surface area (Å²) in [6.07, 6.45) is 0. The van der Waals surface area contributed by atoms with E-state index in [0.29, 0.717) is 4.47 Å². The number of nitrogens with one attached hydrogen (secondary N) is 1. The molecule has 0 unspecified atom stereocenters. The highest BCUT2D eigenvalue weighted by Crippen LogP contribution is 2.24. The Morgan fingerprint density at radius 1 is 1.30 bits per heavy atom. The second-order valence-corrected chi connectivity index (χ2v) is 5.94. The van der Waals surface area contributed by atoms with Crippen molar-refractivity contribution in [2.75, 3.05) is 5.32 Å². The Kier molecular flexibility index (Phi) is 4.71. The monoisotopic (exact) mass is 380 g/mol. The summed E-state index contributed by atoms with van der Waals surface area (Å²) in [7, 11) is 2.79. The van der Waals surface area contributed by atoms with Crippen LogP contribution in [0.4, 0.5) is 10.2 Å². The van der Waals surface area contributed by atoms with E-state index in [4.69, 9.17) is 0 Å².